The number of aliphatic carboxylic acids is 2. The topological polar surface area (TPSA) is 168 Å². The van der Waals surface area contributed by atoms with Gasteiger partial charge in [0.15, 0.2) is 12.4 Å². The summed E-state index contributed by atoms with van der Waals surface area (Å²) in [6.07, 6.45) is 7.91. The summed E-state index contributed by atoms with van der Waals surface area (Å²) in [5, 5.41) is 34.4. The van der Waals surface area contributed by atoms with Gasteiger partial charge >= 0.3 is 11.9 Å². The highest BCUT2D eigenvalue weighted by Gasteiger charge is 2.22. The zero-order chi connectivity index (χ0) is 25.2. The Balaban J connectivity index is 0. The smallest absolute Gasteiger partial charge is 0.303 e. The second kappa shape index (κ2) is 16.7. The molecular formula is C23H37N3O6. The number of Topliss-reactive ketones (excluding diaryl/α,β-unsaturated/α-hetero) is 2. The lowest BCUT2D eigenvalue weighted by Gasteiger charge is -2.21. The Kier molecular flexibility index (Phi) is 16.3. The van der Waals surface area contributed by atoms with E-state index >= 15 is 0 Å². The minimum Gasteiger partial charge on any atom is -0.481 e. The van der Waals surface area contributed by atoms with Crippen molar-refractivity contribution in [3.63, 3.8) is 0 Å². The maximum atomic E-state index is 11.9. The number of nitrogens with zero attached hydrogens (tertiary/aromatic N) is 2. The molecule has 180 valence electrons. The third kappa shape index (κ3) is 21.8. The number of carbonyl (C=O) groups excluding carboxylic acids is 2. The van der Waals surface area contributed by atoms with Crippen LogP contribution in [0, 0.1) is 33.7 Å². The normalized spacial score (nSPS) is 10.7. The van der Waals surface area contributed by atoms with Gasteiger partial charge in [-0.3, -0.25) is 19.2 Å². The highest BCUT2D eigenvalue weighted by Crippen LogP contribution is 2.28. The molecule has 0 aromatic carbocycles. The lowest BCUT2D eigenvalue weighted by molar-refractivity contribution is -0.140. The third-order valence-corrected chi connectivity index (χ3v) is 4.90. The Bertz CT molecular complexity index is 644. The van der Waals surface area contributed by atoms with Crippen LogP contribution in [0.25, 0.3) is 0 Å². The van der Waals surface area contributed by atoms with Crippen molar-refractivity contribution in [2.24, 2.45) is 10.8 Å². The monoisotopic (exact) mass is 451 g/mol. The first kappa shape index (κ1) is 31.2. The Hall–Kier alpha value is -2.94. The zero-order valence-electron chi connectivity index (χ0n) is 19.7. The molecule has 0 amide bonds. The van der Waals surface area contributed by atoms with Crippen LogP contribution in [0.15, 0.2) is 0 Å². The quantitative estimate of drug-likeness (QED) is 0.230. The molecule has 9 heteroatoms. The second-order valence-corrected chi connectivity index (χ2v) is 9.46. The van der Waals surface area contributed by atoms with Crippen molar-refractivity contribution >= 4 is 23.5 Å². The molecule has 0 aliphatic carbocycles. The van der Waals surface area contributed by atoms with E-state index in [1.54, 1.807) is 5.32 Å². The largest absolute Gasteiger partial charge is 0.481 e. The lowest BCUT2D eigenvalue weighted by Crippen LogP contribution is -2.17. The third-order valence-electron chi connectivity index (χ3n) is 4.90. The first-order valence-electron chi connectivity index (χ1n) is 10.7. The van der Waals surface area contributed by atoms with Crippen molar-refractivity contribution in [1.29, 1.82) is 10.5 Å². The average molecular weight is 452 g/mol. The Morgan fingerprint density at radius 1 is 0.688 bits per heavy atom. The number of hydrogen-bond donors (Lipinski definition) is 3. The van der Waals surface area contributed by atoms with Crippen LogP contribution in [0.3, 0.4) is 0 Å². The average Bonchev–Trinajstić information content (AvgIpc) is 2.60. The molecule has 32 heavy (non-hydrogen) atoms. The Morgan fingerprint density at radius 2 is 1.00 bits per heavy atom. The highest BCUT2D eigenvalue weighted by molar-refractivity contribution is 5.81. The summed E-state index contributed by atoms with van der Waals surface area (Å²) in [6, 6.07) is 0. The van der Waals surface area contributed by atoms with Crippen LogP contribution < -0.4 is 5.32 Å². The molecule has 0 fully saturated rings. The molecule has 0 saturated heterocycles. The van der Waals surface area contributed by atoms with Gasteiger partial charge in [0, 0.05) is 25.7 Å². The molecule has 0 atom stereocenters. The van der Waals surface area contributed by atoms with Crippen LogP contribution in [0.5, 0.6) is 0 Å². The molecular weight excluding hydrogens is 414 g/mol. The summed E-state index contributed by atoms with van der Waals surface area (Å²) < 4.78 is 0. The van der Waals surface area contributed by atoms with Gasteiger partial charge in [0.25, 0.3) is 0 Å². The van der Waals surface area contributed by atoms with Gasteiger partial charge < -0.3 is 10.2 Å². The van der Waals surface area contributed by atoms with Gasteiger partial charge in [-0.15, -0.1) is 0 Å². The van der Waals surface area contributed by atoms with E-state index in [0.717, 1.165) is 0 Å². The Morgan fingerprint density at radius 3 is 1.25 bits per heavy atom. The van der Waals surface area contributed by atoms with Gasteiger partial charge in [0.05, 0.1) is 12.8 Å². The van der Waals surface area contributed by atoms with Gasteiger partial charge in [-0.05, 0) is 42.9 Å². The first-order chi connectivity index (χ1) is 14.7. The molecule has 0 aliphatic heterocycles. The van der Waals surface area contributed by atoms with Crippen LogP contribution in [-0.2, 0) is 19.2 Å². The predicted octanol–water partition coefficient (Wildman–Crippen LogP) is 4.18. The van der Waals surface area contributed by atoms with Crippen molar-refractivity contribution in [3.05, 3.63) is 0 Å². The summed E-state index contributed by atoms with van der Waals surface area (Å²) in [7, 11) is 0. The molecule has 0 spiro atoms. The summed E-state index contributed by atoms with van der Waals surface area (Å²) >= 11 is 0. The molecule has 9 nitrogen and oxygen atoms in total. The molecule has 3 N–H and O–H groups in total. The van der Waals surface area contributed by atoms with Gasteiger partial charge in [-0.1, -0.05) is 27.7 Å². The molecule has 0 heterocycles. The maximum Gasteiger partial charge on any atom is 0.303 e. The van der Waals surface area contributed by atoms with Gasteiger partial charge in [-0.2, -0.15) is 10.5 Å². The fourth-order valence-electron chi connectivity index (χ4n) is 3.28. The number of carboxylic acid groups (broad SMARTS) is 2. The van der Waals surface area contributed by atoms with Crippen molar-refractivity contribution in [2.75, 3.05) is 0 Å². The SMILES string of the molecule is CC(C)(CCCC(=O)CCCC(=O)CCCC(C)(C)CC(=O)O)CC(=O)O.N#CNC#N. The van der Waals surface area contributed by atoms with Crippen molar-refractivity contribution in [1.82, 2.24) is 5.32 Å². The molecule has 0 rings (SSSR count). The summed E-state index contributed by atoms with van der Waals surface area (Å²) in [4.78, 5) is 45.3. The fourth-order valence-corrected chi connectivity index (χ4v) is 3.28. The van der Waals surface area contributed by atoms with Crippen LogP contribution in [0.2, 0.25) is 0 Å². The number of carboxylic acids is 2. The van der Waals surface area contributed by atoms with Gasteiger partial charge in [0.1, 0.15) is 11.6 Å². The van der Waals surface area contributed by atoms with Crippen LogP contribution >= 0.6 is 0 Å². The number of nitriles is 2. The van der Waals surface area contributed by atoms with E-state index in [4.69, 9.17) is 20.7 Å². The van der Waals surface area contributed by atoms with E-state index in [9.17, 15) is 19.2 Å². The summed E-state index contributed by atoms with van der Waals surface area (Å²) in [6.45, 7) is 7.56. The van der Waals surface area contributed by atoms with Crippen molar-refractivity contribution in [3.8, 4) is 12.4 Å². The fraction of sp³-hybridized carbons (Fsp3) is 0.739. The summed E-state index contributed by atoms with van der Waals surface area (Å²) in [5.41, 5.74) is -0.618. The molecule has 0 aliphatic rings. The number of rotatable bonds is 16. The van der Waals surface area contributed by atoms with E-state index in [2.05, 4.69) is 0 Å². The van der Waals surface area contributed by atoms with Crippen molar-refractivity contribution < 1.29 is 29.4 Å². The lowest BCUT2D eigenvalue weighted by atomic mass is 9.83. The standard InChI is InChI=1S/C21H36O6.C2HN3/c1-20(2,14-18(24)25)12-6-10-16(22)8-5-9-17(23)11-7-13-21(3,4)15-19(26)27;3-1-5-2-4/h5-15H2,1-4H3,(H,24,25)(H,26,27);5H. The minimum absolute atomic E-state index is 0.0962. The van der Waals surface area contributed by atoms with Crippen LogP contribution in [0.4, 0.5) is 0 Å². The van der Waals surface area contributed by atoms with Crippen molar-refractivity contribution in [2.45, 2.75) is 98.3 Å². The number of ketones is 2. The van der Waals surface area contributed by atoms with E-state index < -0.39 is 11.9 Å². The van der Waals surface area contributed by atoms with E-state index in [-0.39, 0.29) is 35.2 Å². The number of nitrogens with one attached hydrogen (secondary N) is 1. The van der Waals surface area contributed by atoms with Gasteiger partial charge in [0.2, 0.25) is 0 Å². The van der Waals surface area contributed by atoms with Crippen LogP contribution in [-0.4, -0.2) is 33.7 Å². The molecule has 0 radical (unpaired) electrons. The Labute approximate surface area is 190 Å². The highest BCUT2D eigenvalue weighted by atomic mass is 16.4. The molecule has 0 bridgehead atoms. The minimum atomic E-state index is -0.823. The van der Waals surface area contributed by atoms with E-state index in [1.165, 1.54) is 12.4 Å². The first-order valence-corrected chi connectivity index (χ1v) is 10.7. The zero-order valence-corrected chi connectivity index (χ0v) is 19.7. The maximum absolute atomic E-state index is 11.9. The second-order valence-electron chi connectivity index (χ2n) is 9.46. The van der Waals surface area contributed by atoms with E-state index in [1.807, 2.05) is 27.7 Å². The summed E-state index contributed by atoms with van der Waals surface area (Å²) in [5.74, 6) is -1.40. The van der Waals surface area contributed by atoms with Gasteiger partial charge in [-0.25, -0.2) is 5.32 Å². The molecule has 0 aromatic rings. The van der Waals surface area contributed by atoms with Crippen LogP contribution in [0.1, 0.15) is 98.3 Å². The molecule has 0 unspecified atom stereocenters. The molecule has 0 aromatic heterocycles. The van der Waals surface area contributed by atoms with E-state index in [0.29, 0.717) is 57.8 Å². The molecule has 0 saturated carbocycles. The number of hydrogen-bond acceptors (Lipinski definition) is 7. The number of carbonyl (C=O) groups is 4. The predicted molar refractivity (Wildman–Crippen MR) is 118 cm³/mol.